The minimum atomic E-state index is -0.217. The predicted octanol–water partition coefficient (Wildman–Crippen LogP) is 5.03. The third-order valence-electron chi connectivity index (χ3n) is 5.95. The molecule has 0 spiro atoms. The van der Waals surface area contributed by atoms with E-state index in [1.54, 1.807) is 0 Å². The first-order chi connectivity index (χ1) is 10.8. The number of amides is 1. The fraction of sp³-hybridized carbons (Fsp3) is 0.550. The molecule has 2 saturated carbocycles. The standard InChI is InChI=1S/C20H25NO/c22-19(20-11-9-15(14-20)10-12-20)21-18-8-4-7-17(13-18)16-5-2-1-3-6-16/h4,7-9,11,13,15-16H,1-3,5-6,10,12,14H2,(H,21,22). The molecule has 3 aliphatic carbocycles. The fourth-order valence-corrected chi connectivity index (χ4v) is 4.59. The molecule has 4 rings (SSSR count). The van der Waals surface area contributed by atoms with Crippen LogP contribution in [0.25, 0.3) is 0 Å². The van der Waals surface area contributed by atoms with Crippen LogP contribution in [0.3, 0.4) is 0 Å². The molecule has 1 N–H and O–H groups in total. The second-order valence-corrected chi connectivity index (χ2v) is 7.43. The summed E-state index contributed by atoms with van der Waals surface area (Å²) in [5, 5.41) is 3.19. The molecule has 3 aliphatic rings. The zero-order valence-corrected chi connectivity index (χ0v) is 13.2. The highest BCUT2D eigenvalue weighted by Gasteiger charge is 2.46. The average molecular weight is 295 g/mol. The lowest BCUT2D eigenvalue weighted by Gasteiger charge is -2.24. The summed E-state index contributed by atoms with van der Waals surface area (Å²) in [4.78, 5) is 12.7. The normalized spacial score (nSPS) is 30.6. The summed E-state index contributed by atoms with van der Waals surface area (Å²) < 4.78 is 0. The summed E-state index contributed by atoms with van der Waals surface area (Å²) >= 11 is 0. The number of anilines is 1. The highest BCUT2D eigenvalue weighted by molar-refractivity contribution is 5.97. The molecule has 0 radical (unpaired) electrons. The van der Waals surface area contributed by atoms with Gasteiger partial charge in [-0.05, 0) is 61.6 Å². The summed E-state index contributed by atoms with van der Waals surface area (Å²) in [5.41, 5.74) is 2.17. The molecule has 0 aliphatic heterocycles. The van der Waals surface area contributed by atoms with Crippen LogP contribution in [0.5, 0.6) is 0 Å². The molecule has 0 heterocycles. The van der Waals surface area contributed by atoms with Crippen molar-refractivity contribution < 1.29 is 4.79 Å². The van der Waals surface area contributed by atoms with E-state index in [0.717, 1.165) is 18.5 Å². The van der Waals surface area contributed by atoms with Crippen molar-refractivity contribution in [1.29, 1.82) is 0 Å². The first-order valence-electron chi connectivity index (χ1n) is 8.86. The summed E-state index contributed by atoms with van der Waals surface area (Å²) in [7, 11) is 0. The molecule has 0 saturated heterocycles. The van der Waals surface area contributed by atoms with Gasteiger partial charge in [-0.3, -0.25) is 4.79 Å². The summed E-state index contributed by atoms with van der Waals surface area (Å²) in [5.74, 6) is 1.52. The van der Waals surface area contributed by atoms with E-state index in [4.69, 9.17) is 0 Å². The second kappa shape index (κ2) is 5.57. The molecule has 22 heavy (non-hydrogen) atoms. The van der Waals surface area contributed by atoms with Crippen LogP contribution in [0.2, 0.25) is 0 Å². The van der Waals surface area contributed by atoms with Crippen LogP contribution in [-0.2, 0) is 4.79 Å². The average Bonchev–Trinajstić information content (AvgIpc) is 3.18. The Bertz CT molecular complexity index is 599. The van der Waals surface area contributed by atoms with E-state index in [9.17, 15) is 4.79 Å². The summed E-state index contributed by atoms with van der Waals surface area (Å²) in [6.45, 7) is 0. The Hall–Kier alpha value is -1.57. The summed E-state index contributed by atoms with van der Waals surface area (Å²) in [6.07, 6.45) is 14.3. The van der Waals surface area contributed by atoms with Gasteiger partial charge in [0.15, 0.2) is 0 Å². The van der Waals surface area contributed by atoms with E-state index >= 15 is 0 Å². The Morgan fingerprint density at radius 3 is 2.68 bits per heavy atom. The Balaban J connectivity index is 1.49. The van der Waals surface area contributed by atoms with Gasteiger partial charge in [0.2, 0.25) is 5.91 Å². The van der Waals surface area contributed by atoms with Crippen molar-refractivity contribution in [2.45, 2.75) is 57.3 Å². The van der Waals surface area contributed by atoms with Crippen LogP contribution >= 0.6 is 0 Å². The topological polar surface area (TPSA) is 29.1 Å². The Labute approximate surface area is 133 Å². The van der Waals surface area contributed by atoms with Crippen LogP contribution in [0.15, 0.2) is 36.4 Å². The first-order valence-corrected chi connectivity index (χ1v) is 8.86. The van der Waals surface area contributed by atoms with E-state index in [-0.39, 0.29) is 11.3 Å². The number of hydrogen-bond acceptors (Lipinski definition) is 1. The minimum Gasteiger partial charge on any atom is -0.325 e. The van der Waals surface area contributed by atoms with Crippen LogP contribution < -0.4 is 5.32 Å². The van der Waals surface area contributed by atoms with Gasteiger partial charge in [0, 0.05) is 5.69 Å². The molecule has 116 valence electrons. The zero-order chi connectivity index (χ0) is 15.0. The molecule has 2 fully saturated rings. The predicted molar refractivity (Wildman–Crippen MR) is 89.8 cm³/mol. The van der Waals surface area contributed by atoms with Crippen molar-refractivity contribution in [2.75, 3.05) is 5.32 Å². The largest absolute Gasteiger partial charge is 0.325 e. The number of carbonyl (C=O) groups excluding carboxylic acids is 1. The van der Waals surface area contributed by atoms with Gasteiger partial charge < -0.3 is 5.32 Å². The Kier molecular flexibility index (Phi) is 3.56. The molecule has 2 atom stereocenters. The van der Waals surface area contributed by atoms with Crippen molar-refractivity contribution >= 4 is 11.6 Å². The molecule has 2 bridgehead atoms. The Morgan fingerprint density at radius 2 is 2.00 bits per heavy atom. The van der Waals surface area contributed by atoms with Crippen LogP contribution in [-0.4, -0.2) is 5.91 Å². The van der Waals surface area contributed by atoms with Gasteiger partial charge >= 0.3 is 0 Å². The number of hydrogen-bond donors (Lipinski definition) is 1. The van der Waals surface area contributed by atoms with Crippen molar-refractivity contribution in [3.8, 4) is 0 Å². The molecule has 2 unspecified atom stereocenters. The van der Waals surface area contributed by atoms with E-state index in [1.807, 2.05) is 6.07 Å². The van der Waals surface area contributed by atoms with Crippen LogP contribution in [0, 0.1) is 11.3 Å². The number of benzene rings is 1. The van der Waals surface area contributed by atoms with Gasteiger partial charge in [-0.15, -0.1) is 0 Å². The van der Waals surface area contributed by atoms with Gasteiger partial charge in [0.25, 0.3) is 0 Å². The van der Waals surface area contributed by atoms with Crippen LogP contribution in [0.4, 0.5) is 5.69 Å². The number of fused-ring (bicyclic) bond motifs is 2. The lowest BCUT2D eigenvalue weighted by molar-refractivity contribution is -0.122. The van der Waals surface area contributed by atoms with E-state index in [1.165, 1.54) is 44.1 Å². The number of allylic oxidation sites excluding steroid dienone is 1. The molecule has 1 aromatic rings. The van der Waals surface area contributed by atoms with E-state index < -0.39 is 0 Å². The van der Waals surface area contributed by atoms with Crippen molar-refractivity contribution in [3.63, 3.8) is 0 Å². The lowest BCUT2D eigenvalue weighted by Crippen LogP contribution is -2.31. The molecule has 2 heteroatoms. The van der Waals surface area contributed by atoms with Gasteiger partial charge in [0.1, 0.15) is 0 Å². The Morgan fingerprint density at radius 1 is 1.14 bits per heavy atom. The van der Waals surface area contributed by atoms with Crippen LogP contribution in [0.1, 0.15) is 62.8 Å². The van der Waals surface area contributed by atoms with E-state index in [0.29, 0.717) is 11.8 Å². The third kappa shape index (κ3) is 2.49. The minimum absolute atomic E-state index is 0.199. The molecule has 1 amide bonds. The maximum atomic E-state index is 12.7. The number of rotatable bonds is 3. The monoisotopic (exact) mass is 295 g/mol. The highest BCUT2D eigenvalue weighted by Crippen LogP contribution is 2.49. The molecule has 2 nitrogen and oxygen atoms in total. The van der Waals surface area contributed by atoms with Crippen molar-refractivity contribution in [1.82, 2.24) is 0 Å². The second-order valence-electron chi connectivity index (χ2n) is 7.43. The molecule has 0 aromatic heterocycles. The fourth-order valence-electron chi connectivity index (χ4n) is 4.59. The molecular formula is C20H25NO. The highest BCUT2D eigenvalue weighted by atomic mass is 16.2. The number of carbonyl (C=O) groups is 1. The SMILES string of the molecule is O=C(Nc1cccc(C2CCCCC2)c1)C12C=CC(CC1)C2. The van der Waals surface area contributed by atoms with Gasteiger partial charge in [0.05, 0.1) is 5.41 Å². The smallest absolute Gasteiger partial charge is 0.234 e. The summed E-state index contributed by atoms with van der Waals surface area (Å²) in [6, 6.07) is 8.56. The quantitative estimate of drug-likeness (QED) is 0.779. The maximum absolute atomic E-state index is 12.7. The lowest BCUT2D eigenvalue weighted by atomic mass is 9.84. The molecular weight excluding hydrogens is 270 g/mol. The van der Waals surface area contributed by atoms with Crippen molar-refractivity contribution in [3.05, 3.63) is 42.0 Å². The number of nitrogens with one attached hydrogen (secondary N) is 1. The van der Waals surface area contributed by atoms with Crippen molar-refractivity contribution in [2.24, 2.45) is 11.3 Å². The third-order valence-corrected chi connectivity index (χ3v) is 5.95. The first kappa shape index (κ1) is 14.0. The van der Waals surface area contributed by atoms with Gasteiger partial charge in [-0.1, -0.05) is 43.5 Å². The van der Waals surface area contributed by atoms with Gasteiger partial charge in [-0.25, -0.2) is 0 Å². The zero-order valence-electron chi connectivity index (χ0n) is 13.2. The maximum Gasteiger partial charge on any atom is 0.234 e. The molecule has 1 aromatic carbocycles. The van der Waals surface area contributed by atoms with Gasteiger partial charge in [-0.2, -0.15) is 0 Å². The van der Waals surface area contributed by atoms with E-state index in [2.05, 4.69) is 35.7 Å².